The van der Waals surface area contributed by atoms with E-state index in [9.17, 15) is 14.4 Å². The molecule has 1 atom stereocenters. The predicted octanol–water partition coefficient (Wildman–Crippen LogP) is 1.70. The molecule has 1 spiro atoms. The van der Waals surface area contributed by atoms with Gasteiger partial charge in [0.2, 0.25) is 17.6 Å². The first-order valence-electron chi connectivity index (χ1n) is 10.4. The van der Waals surface area contributed by atoms with Gasteiger partial charge in [0.25, 0.3) is 0 Å². The Bertz CT molecular complexity index is 875. The molecule has 170 valence electrons. The van der Waals surface area contributed by atoms with Crippen LogP contribution in [0.2, 0.25) is 0 Å². The predicted molar refractivity (Wildman–Crippen MR) is 111 cm³/mol. The number of benzene rings is 1. The van der Waals surface area contributed by atoms with Crippen molar-refractivity contribution in [3.63, 3.8) is 0 Å². The Morgan fingerprint density at radius 3 is 2.32 bits per heavy atom. The summed E-state index contributed by atoms with van der Waals surface area (Å²) >= 11 is 0. The van der Waals surface area contributed by atoms with Crippen molar-refractivity contribution in [2.75, 3.05) is 34.4 Å². The lowest BCUT2D eigenvalue weighted by Crippen LogP contribution is -2.57. The number of amides is 2. The number of fused-ring (bicyclic) bond motifs is 2. The van der Waals surface area contributed by atoms with Gasteiger partial charge in [-0.25, -0.2) is 0 Å². The molecule has 0 aliphatic carbocycles. The van der Waals surface area contributed by atoms with Gasteiger partial charge in [-0.3, -0.25) is 14.4 Å². The van der Waals surface area contributed by atoms with Crippen LogP contribution in [-0.4, -0.2) is 62.2 Å². The van der Waals surface area contributed by atoms with Gasteiger partial charge in [-0.2, -0.15) is 0 Å². The summed E-state index contributed by atoms with van der Waals surface area (Å²) in [5, 5.41) is 12.1. The van der Waals surface area contributed by atoms with Crippen LogP contribution in [0.3, 0.4) is 0 Å². The first-order valence-corrected chi connectivity index (χ1v) is 10.4. The number of piperidine rings is 1. The fraction of sp³-hybridized carbons (Fsp3) is 0.591. The topological polar surface area (TPSA) is 114 Å². The van der Waals surface area contributed by atoms with E-state index in [-0.39, 0.29) is 37.0 Å². The van der Waals surface area contributed by atoms with Gasteiger partial charge >= 0.3 is 5.97 Å². The SMILES string of the molecule is COc1cc2c(c(OC)c1OC)CC(=O)NC21CCN(C(=O)CC(C)CC(=O)O)CC1. The number of methoxy groups -OCH3 is 3. The minimum absolute atomic E-state index is 0.0334. The van der Waals surface area contributed by atoms with Gasteiger partial charge in [-0.05, 0) is 30.4 Å². The van der Waals surface area contributed by atoms with Crippen molar-refractivity contribution in [3.8, 4) is 17.2 Å². The second kappa shape index (κ2) is 9.03. The lowest BCUT2D eigenvalue weighted by atomic mass is 9.75. The van der Waals surface area contributed by atoms with Crippen LogP contribution >= 0.6 is 0 Å². The number of carboxylic acids is 1. The number of likely N-dealkylation sites (tertiary alicyclic amines) is 1. The molecular formula is C22H30N2O7. The third-order valence-corrected chi connectivity index (χ3v) is 6.18. The Balaban J connectivity index is 1.86. The van der Waals surface area contributed by atoms with E-state index < -0.39 is 11.5 Å². The Morgan fingerprint density at radius 1 is 1.13 bits per heavy atom. The van der Waals surface area contributed by atoms with Gasteiger partial charge in [0.05, 0.1) is 33.3 Å². The number of hydrogen-bond acceptors (Lipinski definition) is 6. The van der Waals surface area contributed by atoms with E-state index in [0.29, 0.717) is 43.2 Å². The fourth-order valence-corrected chi connectivity index (χ4v) is 4.69. The van der Waals surface area contributed by atoms with Crippen LogP contribution in [0.1, 0.15) is 43.7 Å². The average molecular weight is 434 g/mol. The van der Waals surface area contributed by atoms with Gasteiger partial charge in [0.1, 0.15) is 0 Å². The highest BCUT2D eigenvalue weighted by Gasteiger charge is 2.45. The summed E-state index contributed by atoms with van der Waals surface area (Å²) in [5.74, 6) is 0.175. The summed E-state index contributed by atoms with van der Waals surface area (Å²) in [4.78, 5) is 37.9. The van der Waals surface area contributed by atoms with Crippen molar-refractivity contribution >= 4 is 17.8 Å². The normalized spacial score (nSPS) is 18.1. The maximum absolute atomic E-state index is 12.6. The highest BCUT2D eigenvalue weighted by molar-refractivity contribution is 5.85. The Kier molecular flexibility index (Phi) is 6.62. The Morgan fingerprint density at radius 2 is 1.77 bits per heavy atom. The van der Waals surface area contributed by atoms with Gasteiger partial charge in [-0.15, -0.1) is 0 Å². The van der Waals surface area contributed by atoms with Crippen LogP contribution in [0.15, 0.2) is 6.07 Å². The molecule has 0 saturated carbocycles. The van der Waals surface area contributed by atoms with E-state index in [1.807, 2.05) is 6.07 Å². The quantitative estimate of drug-likeness (QED) is 0.671. The van der Waals surface area contributed by atoms with Crippen molar-refractivity contribution in [1.29, 1.82) is 0 Å². The first kappa shape index (κ1) is 22.7. The highest BCUT2D eigenvalue weighted by Crippen LogP contribution is 2.49. The van der Waals surface area contributed by atoms with Crippen molar-refractivity contribution in [3.05, 3.63) is 17.2 Å². The first-order chi connectivity index (χ1) is 14.7. The molecule has 1 fully saturated rings. The summed E-state index contributed by atoms with van der Waals surface area (Å²) in [6.07, 6.45) is 1.43. The largest absolute Gasteiger partial charge is 0.493 e. The maximum atomic E-state index is 12.6. The van der Waals surface area contributed by atoms with E-state index in [2.05, 4.69) is 5.32 Å². The van der Waals surface area contributed by atoms with Gasteiger partial charge < -0.3 is 29.5 Å². The number of hydrogen-bond donors (Lipinski definition) is 2. The molecule has 2 aliphatic rings. The Hall–Kier alpha value is -2.97. The van der Waals surface area contributed by atoms with Gasteiger partial charge in [0.15, 0.2) is 11.5 Å². The molecule has 1 saturated heterocycles. The maximum Gasteiger partial charge on any atom is 0.303 e. The molecule has 9 heteroatoms. The molecule has 2 heterocycles. The van der Waals surface area contributed by atoms with E-state index in [1.54, 1.807) is 18.9 Å². The lowest BCUT2D eigenvalue weighted by molar-refractivity contribution is -0.138. The fourth-order valence-electron chi connectivity index (χ4n) is 4.69. The molecule has 2 N–H and O–H groups in total. The van der Waals surface area contributed by atoms with Crippen LogP contribution in [0, 0.1) is 5.92 Å². The van der Waals surface area contributed by atoms with Crippen molar-refractivity contribution in [1.82, 2.24) is 10.2 Å². The zero-order chi connectivity index (χ0) is 22.8. The smallest absolute Gasteiger partial charge is 0.303 e. The molecule has 0 bridgehead atoms. The molecule has 31 heavy (non-hydrogen) atoms. The number of ether oxygens (including phenoxy) is 3. The average Bonchev–Trinajstić information content (AvgIpc) is 2.72. The van der Waals surface area contributed by atoms with Crippen LogP contribution in [-0.2, 0) is 26.3 Å². The Labute approximate surface area is 181 Å². The molecule has 0 radical (unpaired) electrons. The van der Waals surface area contributed by atoms with Crippen LogP contribution in [0.5, 0.6) is 17.2 Å². The highest BCUT2D eigenvalue weighted by atomic mass is 16.5. The molecule has 1 aromatic rings. The number of nitrogens with zero attached hydrogens (tertiary/aromatic N) is 1. The van der Waals surface area contributed by atoms with E-state index in [4.69, 9.17) is 19.3 Å². The zero-order valence-corrected chi connectivity index (χ0v) is 18.4. The number of carbonyl (C=O) groups is 3. The van der Waals surface area contributed by atoms with Crippen molar-refractivity contribution < 1.29 is 33.7 Å². The number of rotatable bonds is 7. The third-order valence-electron chi connectivity index (χ3n) is 6.18. The minimum atomic E-state index is -0.905. The molecular weight excluding hydrogens is 404 g/mol. The summed E-state index contributed by atoms with van der Waals surface area (Å²) in [6, 6.07) is 1.89. The van der Waals surface area contributed by atoms with E-state index in [1.165, 1.54) is 14.2 Å². The summed E-state index contributed by atoms with van der Waals surface area (Å²) < 4.78 is 16.6. The van der Waals surface area contributed by atoms with E-state index in [0.717, 1.165) is 11.1 Å². The summed E-state index contributed by atoms with van der Waals surface area (Å²) in [6.45, 7) is 2.70. The summed E-state index contributed by atoms with van der Waals surface area (Å²) in [5.41, 5.74) is 1.08. The lowest BCUT2D eigenvalue weighted by Gasteiger charge is -2.46. The summed E-state index contributed by atoms with van der Waals surface area (Å²) in [7, 11) is 4.62. The van der Waals surface area contributed by atoms with Crippen LogP contribution in [0.4, 0.5) is 0 Å². The van der Waals surface area contributed by atoms with Crippen LogP contribution < -0.4 is 19.5 Å². The zero-order valence-electron chi connectivity index (χ0n) is 18.4. The van der Waals surface area contributed by atoms with Crippen molar-refractivity contribution in [2.24, 2.45) is 5.92 Å². The van der Waals surface area contributed by atoms with Crippen LogP contribution in [0.25, 0.3) is 0 Å². The molecule has 9 nitrogen and oxygen atoms in total. The monoisotopic (exact) mass is 434 g/mol. The molecule has 3 rings (SSSR count). The second-order valence-corrected chi connectivity index (χ2v) is 8.27. The molecule has 1 unspecified atom stereocenters. The third kappa shape index (κ3) is 4.40. The van der Waals surface area contributed by atoms with Gasteiger partial charge in [0, 0.05) is 31.5 Å². The molecule has 1 aromatic carbocycles. The minimum Gasteiger partial charge on any atom is -0.493 e. The molecule has 0 aromatic heterocycles. The van der Waals surface area contributed by atoms with E-state index >= 15 is 0 Å². The van der Waals surface area contributed by atoms with Gasteiger partial charge in [-0.1, -0.05) is 6.92 Å². The molecule has 2 aliphatic heterocycles. The number of carboxylic acid groups (broad SMARTS) is 1. The number of carbonyl (C=O) groups excluding carboxylic acids is 2. The standard InChI is InChI=1S/C22H30N2O7/c1-13(10-19(27)28)9-18(26)24-7-5-22(6-8-24)15-12-16(29-2)21(31-4)20(30-3)14(15)11-17(25)23-22/h12-13H,5-11H2,1-4H3,(H,23,25)(H,27,28). The number of aliphatic carboxylic acids is 1. The van der Waals surface area contributed by atoms with Crippen molar-refractivity contribution in [2.45, 2.75) is 44.6 Å². The number of nitrogens with one attached hydrogen (secondary N) is 1. The molecule has 2 amide bonds. The second-order valence-electron chi connectivity index (χ2n) is 8.27.